The van der Waals surface area contributed by atoms with Crippen LogP contribution in [-0.2, 0) is 9.84 Å². The van der Waals surface area contributed by atoms with Crippen LogP contribution in [0.4, 0.5) is 0 Å². The second-order valence-corrected chi connectivity index (χ2v) is 8.43. The van der Waals surface area contributed by atoms with Crippen molar-refractivity contribution in [1.82, 2.24) is 9.80 Å². The van der Waals surface area contributed by atoms with Crippen molar-refractivity contribution in [2.24, 2.45) is 0 Å². The van der Waals surface area contributed by atoms with Crippen molar-refractivity contribution in [3.8, 4) is 0 Å². The second kappa shape index (κ2) is 7.09. The summed E-state index contributed by atoms with van der Waals surface area (Å²) in [5.41, 5.74) is 1.27. The van der Waals surface area contributed by atoms with Gasteiger partial charge in [0, 0.05) is 50.0 Å². The first-order valence-electron chi connectivity index (χ1n) is 7.25. The molecule has 0 aromatic heterocycles. The van der Waals surface area contributed by atoms with Gasteiger partial charge in [-0.1, -0.05) is 23.7 Å². The molecule has 1 saturated heterocycles. The standard InChI is InChI=1S/C15H23ClN2O2S/c1-13(14-3-5-15(16)6-4-14)18-9-7-17(8-10-18)11-12-21(2,19)20/h3-6,13H,7-12H2,1-2H3/t13-/m0/s1. The maximum atomic E-state index is 11.2. The second-order valence-electron chi connectivity index (χ2n) is 5.74. The first kappa shape index (κ1) is 16.7. The lowest BCUT2D eigenvalue weighted by Crippen LogP contribution is -2.48. The van der Waals surface area contributed by atoms with Gasteiger partial charge in [0.15, 0.2) is 0 Å². The van der Waals surface area contributed by atoms with Gasteiger partial charge < -0.3 is 0 Å². The summed E-state index contributed by atoms with van der Waals surface area (Å²) in [5, 5.41) is 0.761. The number of hydrogen-bond donors (Lipinski definition) is 0. The zero-order valence-electron chi connectivity index (χ0n) is 12.6. The first-order chi connectivity index (χ1) is 9.85. The lowest BCUT2D eigenvalue weighted by atomic mass is 10.1. The molecule has 6 heteroatoms. The summed E-state index contributed by atoms with van der Waals surface area (Å²) in [6, 6.07) is 8.36. The van der Waals surface area contributed by atoms with Crippen LogP contribution in [0, 0.1) is 0 Å². The van der Waals surface area contributed by atoms with Gasteiger partial charge in [-0.3, -0.25) is 9.80 Å². The van der Waals surface area contributed by atoms with E-state index in [9.17, 15) is 8.42 Å². The van der Waals surface area contributed by atoms with Crippen molar-refractivity contribution in [2.45, 2.75) is 13.0 Å². The van der Waals surface area contributed by atoms with E-state index < -0.39 is 9.84 Å². The summed E-state index contributed by atoms with van der Waals surface area (Å²) < 4.78 is 22.4. The van der Waals surface area contributed by atoms with Crippen LogP contribution in [-0.4, -0.2) is 63.0 Å². The Morgan fingerprint density at radius 2 is 1.71 bits per heavy atom. The van der Waals surface area contributed by atoms with Crippen LogP contribution in [0.2, 0.25) is 5.02 Å². The molecule has 0 amide bonds. The van der Waals surface area contributed by atoms with Crippen molar-refractivity contribution in [2.75, 3.05) is 44.7 Å². The van der Waals surface area contributed by atoms with Crippen LogP contribution in [0.15, 0.2) is 24.3 Å². The minimum atomic E-state index is -2.87. The predicted molar refractivity (Wildman–Crippen MR) is 87.6 cm³/mol. The van der Waals surface area contributed by atoms with Crippen molar-refractivity contribution in [1.29, 1.82) is 0 Å². The summed E-state index contributed by atoms with van der Waals surface area (Å²) in [6.45, 7) is 6.62. The molecule has 0 bridgehead atoms. The molecule has 21 heavy (non-hydrogen) atoms. The van der Waals surface area contributed by atoms with Gasteiger partial charge >= 0.3 is 0 Å². The van der Waals surface area contributed by atoms with E-state index in [1.165, 1.54) is 11.8 Å². The van der Waals surface area contributed by atoms with E-state index in [0.717, 1.165) is 31.2 Å². The van der Waals surface area contributed by atoms with Gasteiger partial charge in [-0.25, -0.2) is 8.42 Å². The van der Waals surface area contributed by atoms with Gasteiger partial charge in [0.2, 0.25) is 0 Å². The van der Waals surface area contributed by atoms with E-state index in [-0.39, 0.29) is 5.75 Å². The maximum Gasteiger partial charge on any atom is 0.148 e. The summed E-state index contributed by atoms with van der Waals surface area (Å²) in [6.07, 6.45) is 1.30. The molecular formula is C15H23ClN2O2S. The number of halogens is 1. The average molecular weight is 331 g/mol. The maximum absolute atomic E-state index is 11.2. The molecule has 118 valence electrons. The van der Waals surface area contributed by atoms with E-state index in [4.69, 9.17) is 11.6 Å². The monoisotopic (exact) mass is 330 g/mol. The molecule has 1 aliphatic heterocycles. The Labute approximate surface area is 132 Å². The van der Waals surface area contributed by atoms with Crippen molar-refractivity contribution in [3.05, 3.63) is 34.9 Å². The molecular weight excluding hydrogens is 308 g/mol. The number of nitrogens with zero attached hydrogens (tertiary/aromatic N) is 2. The molecule has 0 spiro atoms. The van der Waals surface area contributed by atoms with E-state index >= 15 is 0 Å². The van der Waals surface area contributed by atoms with Crippen LogP contribution in [0.1, 0.15) is 18.5 Å². The number of rotatable bonds is 5. The Balaban J connectivity index is 1.84. The van der Waals surface area contributed by atoms with Crippen molar-refractivity contribution >= 4 is 21.4 Å². The fourth-order valence-electron chi connectivity index (χ4n) is 2.62. The van der Waals surface area contributed by atoms with Crippen molar-refractivity contribution in [3.63, 3.8) is 0 Å². The van der Waals surface area contributed by atoms with Crippen molar-refractivity contribution < 1.29 is 8.42 Å². The van der Waals surface area contributed by atoms with Gasteiger partial charge in [0.1, 0.15) is 9.84 Å². The van der Waals surface area contributed by atoms with Crippen LogP contribution in [0.3, 0.4) is 0 Å². The summed E-state index contributed by atoms with van der Waals surface area (Å²) >= 11 is 5.92. The zero-order chi connectivity index (χ0) is 15.5. The average Bonchev–Trinajstić information content (AvgIpc) is 2.45. The van der Waals surface area contributed by atoms with E-state index in [1.807, 2.05) is 12.1 Å². The zero-order valence-corrected chi connectivity index (χ0v) is 14.2. The molecule has 1 aromatic rings. The fraction of sp³-hybridized carbons (Fsp3) is 0.600. The van der Waals surface area contributed by atoms with E-state index in [2.05, 4.69) is 28.9 Å². The number of hydrogen-bond acceptors (Lipinski definition) is 4. The molecule has 0 aliphatic carbocycles. The minimum Gasteiger partial charge on any atom is -0.300 e. The number of piperazine rings is 1. The van der Waals surface area contributed by atoms with Crippen LogP contribution >= 0.6 is 11.6 Å². The highest BCUT2D eigenvalue weighted by Gasteiger charge is 2.22. The van der Waals surface area contributed by atoms with Crippen LogP contribution in [0.5, 0.6) is 0 Å². The smallest absolute Gasteiger partial charge is 0.148 e. The molecule has 1 aromatic carbocycles. The molecule has 0 saturated carbocycles. The van der Waals surface area contributed by atoms with E-state index in [1.54, 1.807) is 0 Å². The van der Waals surface area contributed by atoms with Gasteiger partial charge in [-0.2, -0.15) is 0 Å². The predicted octanol–water partition coefficient (Wildman–Crippen LogP) is 2.06. The molecule has 1 aliphatic rings. The molecule has 1 heterocycles. The van der Waals surface area contributed by atoms with Crippen LogP contribution < -0.4 is 0 Å². The lowest BCUT2D eigenvalue weighted by molar-refractivity contribution is 0.106. The molecule has 0 unspecified atom stereocenters. The van der Waals surface area contributed by atoms with Crippen LogP contribution in [0.25, 0.3) is 0 Å². The largest absolute Gasteiger partial charge is 0.300 e. The Morgan fingerprint density at radius 3 is 2.24 bits per heavy atom. The highest BCUT2D eigenvalue weighted by atomic mass is 35.5. The SMILES string of the molecule is C[C@@H](c1ccc(Cl)cc1)N1CCN(CCS(C)(=O)=O)CC1. The normalized spacial score (nSPS) is 19.6. The summed E-state index contributed by atoms with van der Waals surface area (Å²) in [4.78, 5) is 4.66. The Bertz CT molecular complexity index is 552. The Morgan fingerprint density at radius 1 is 1.14 bits per heavy atom. The van der Waals surface area contributed by atoms with E-state index in [0.29, 0.717) is 12.6 Å². The third-order valence-electron chi connectivity index (χ3n) is 4.09. The third-order valence-corrected chi connectivity index (χ3v) is 5.26. The molecule has 2 rings (SSSR count). The highest BCUT2D eigenvalue weighted by Crippen LogP contribution is 2.23. The lowest BCUT2D eigenvalue weighted by Gasteiger charge is -2.38. The topological polar surface area (TPSA) is 40.6 Å². The van der Waals surface area contributed by atoms with Gasteiger partial charge in [0.25, 0.3) is 0 Å². The number of sulfone groups is 1. The fourth-order valence-corrected chi connectivity index (χ4v) is 3.34. The van der Waals surface area contributed by atoms with Gasteiger partial charge in [-0.05, 0) is 24.6 Å². The number of benzene rings is 1. The Hall–Kier alpha value is -0.620. The Kier molecular flexibility index (Phi) is 5.66. The first-order valence-corrected chi connectivity index (χ1v) is 9.68. The summed E-state index contributed by atoms with van der Waals surface area (Å²) in [7, 11) is -2.87. The third kappa shape index (κ3) is 5.25. The molecule has 0 radical (unpaired) electrons. The quantitative estimate of drug-likeness (QED) is 0.828. The minimum absolute atomic E-state index is 0.250. The van der Waals surface area contributed by atoms with Gasteiger partial charge in [0.05, 0.1) is 5.75 Å². The highest BCUT2D eigenvalue weighted by molar-refractivity contribution is 7.90. The molecule has 4 nitrogen and oxygen atoms in total. The molecule has 1 fully saturated rings. The molecule has 1 atom stereocenters. The summed E-state index contributed by atoms with van der Waals surface area (Å²) in [5.74, 6) is 0.250. The molecule has 0 N–H and O–H groups in total. The van der Waals surface area contributed by atoms with Gasteiger partial charge in [-0.15, -0.1) is 0 Å².